The number of carbonyl (C=O) groups excluding carboxylic acids is 2. The maximum atomic E-state index is 12.9. The number of hydrogen-bond acceptors (Lipinski definition) is 5. The Morgan fingerprint density at radius 3 is 2.32 bits per heavy atom. The summed E-state index contributed by atoms with van der Waals surface area (Å²) in [7, 11) is 1.41. The van der Waals surface area contributed by atoms with Crippen molar-refractivity contribution in [3.8, 4) is 0 Å². The monoisotopic (exact) mass is 501 g/mol. The van der Waals surface area contributed by atoms with Crippen LogP contribution in [0.5, 0.6) is 0 Å². The predicted octanol–water partition coefficient (Wildman–Crippen LogP) is 5.30. The summed E-state index contributed by atoms with van der Waals surface area (Å²) in [5.74, 6) is -0.585. The first-order chi connectivity index (χ1) is 17.9. The lowest BCUT2D eigenvalue weighted by atomic mass is 9.78. The number of rotatable bonds is 9. The molecule has 2 unspecified atom stereocenters. The van der Waals surface area contributed by atoms with Gasteiger partial charge in [-0.1, -0.05) is 60.2 Å². The fourth-order valence-corrected chi connectivity index (χ4v) is 5.87. The first kappa shape index (κ1) is 26.8. The molecule has 6 nitrogen and oxygen atoms in total. The zero-order chi connectivity index (χ0) is 26.4. The molecular weight excluding hydrogens is 462 g/mol. The van der Waals surface area contributed by atoms with Crippen LogP contribution in [-0.4, -0.2) is 61.2 Å². The van der Waals surface area contributed by atoms with Crippen LogP contribution in [0.4, 0.5) is 0 Å². The molecule has 1 amide bonds. The Morgan fingerprint density at radius 2 is 1.70 bits per heavy atom. The minimum absolute atomic E-state index is 0.322. The van der Waals surface area contributed by atoms with Gasteiger partial charge in [0.05, 0.1) is 18.5 Å². The zero-order valence-corrected chi connectivity index (χ0v) is 22.5. The van der Waals surface area contributed by atoms with E-state index in [9.17, 15) is 9.59 Å². The highest BCUT2D eigenvalue weighted by atomic mass is 16.5. The molecular formula is C31H39N3O3. The van der Waals surface area contributed by atoms with Crippen LogP contribution < -0.4 is 0 Å². The normalized spacial score (nSPS) is 20.9. The fourth-order valence-electron chi connectivity index (χ4n) is 5.87. The topological polar surface area (TPSA) is 62.2 Å². The van der Waals surface area contributed by atoms with Gasteiger partial charge in [0.2, 0.25) is 6.41 Å². The van der Waals surface area contributed by atoms with Crippen molar-refractivity contribution in [1.29, 1.82) is 0 Å². The number of aliphatic imine (C=N–C) groups is 1. The number of methoxy groups -OCH3 is 1. The van der Waals surface area contributed by atoms with E-state index < -0.39 is 5.92 Å². The Morgan fingerprint density at radius 1 is 1.03 bits per heavy atom. The van der Waals surface area contributed by atoms with E-state index in [0.29, 0.717) is 18.2 Å². The lowest BCUT2D eigenvalue weighted by molar-refractivity contribution is -0.143. The van der Waals surface area contributed by atoms with Gasteiger partial charge >= 0.3 is 5.97 Å². The molecule has 0 radical (unpaired) electrons. The predicted molar refractivity (Wildman–Crippen MR) is 147 cm³/mol. The molecule has 2 heterocycles. The number of benzene rings is 2. The van der Waals surface area contributed by atoms with Crippen molar-refractivity contribution in [2.45, 2.75) is 51.9 Å². The number of aryl methyl sites for hydroxylation is 1. The summed E-state index contributed by atoms with van der Waals surface area (Å²) < 4.78 is 5.18. The number of nitrogens with zero attached hydrogens (tertiary/aromatic N) is 3. The van der Waals surface area contributed by atoms with Crippen molar-refractivity contribution in [2.75, 3.05) is 33.3 Å². The molecule has 2 atom stereocenters. The summed E-state index contributed by atoms with van der Waals surface area (Å²) in [6, 6.07) is 19.0. The van der Waals surface area contributed by atoms with E-state index in [2.05, 4.69) is 35.2 Å². The summed E-state index contributed by atoms with van der Waals surface area (Å²) >= 11 is 0. The molecule has 0 bridgehead atoms. The van der Waals surface area contributed by atoms with Crippen LogP contribution in [0.15, 0.2) is 71.0 Å². The molecule has 1 fully saturated rings. The highest BCUT2D eigenvalue weighted by Gasteiger charge is 2.41. The van der Waals surface area contributed by atoms with Crippen molar-refractivity contribution >= 4 is 18.1 Å². The molecule has 1 saturated heterocycles. The number of esters is 1. The second-order valence-corrected chi connectivity index (χ2v) is 10.3. The Balaban J connectivity index is 1.46. The molecule has 196 valence electrons. The zero-order valence-electron chi connectivity index (χ0n) is 22.5. The third kappa shape index (κ3) is 6.19. The van der Waals surface area contributed by atoms with Gasteiger partial charge in [0.15, 0.2) is 0 Å². The molecule has 2 aliphatic rings. The second kappa shape index (κ2) is 12.3. The Hall–Kier alpha value is -3.25. The van der Waals surface area contributed by atoms with Crippen LogP contribution in [0, 0.1) is 12.8 Å². The van der Waals surface area contributed by atoms with E-state index in [0.717, 1.165) is 67.8 Å². The first-order valence-corrected chi connectivity index (χ1v) is 13.3. The van der Waals surface area contributed by atoms with Gasteiger partial charge in [-0.15, -0.1) is 0 Å². The molecule has 0 spiro atoms. The number of ether oxygens (including phenoxy) is 1. The largest absolute Gasteiger partial charge is 0.468 e. The van der Waals surface area contributed by atoms with Gasteiger partial charge in [0, 0.05) is 18.2 Å². The molecule has 2 aromatic carbocycles. The van der Waals surface area contributed by atoms with Crippen molar-refractivity contribution in [2.24, 2.45) is 10.9 Å². The maximum absolute atomic E-state index is 12.9. The van der Waals surface area contributed by atoms with Gasteiger partial charge in [0.1, 0.15) is 5.92 Å². The Labute approximate surface area is 221 Å². The van der Waals surface area contributed by atoms with E-state index in [-0.39, 0.29) is 11.9 Å². The summed E-state index contributed by atoms with van der Waals surface area (Å²) in [6.07, 6.45) is 4.08. The van der Waals surface area contributed by atoms with Crippen LogP contribution in [0.2, 0.25) is 0 Å². The van der Waals surface area contributed by atoms with Crippen molar-refractivity contribution in [3.63, 3.8) is 0 Å². The minimum Gasteiger partial charge on any atom is -0.468 e. The lowest BCUT2D eigenvalue weighted by Crippen LogP contribution is -2.40. The second-order valence-electron chi connectivity index (χ2n) is 10.3. The standard InChI is InChI=1S/C31H39N3O3/c1-22-11-13-27(14-12-22)29-28(31(36)37-4)23(2)32-24(3)30(29)34(21-35)18-8-17-33-19-15-26(16-20-33)25-9-6-5-7-10-25/h5-7,9-14,21,26,28-29H,8,15-20H2,1-4H3. The quantitative estimate of drug-likeness (QED) is 0.345. The van der Waals surface area contributed by atoms with E-state index in [1.165, 1.54) is 12.7 Å². The Kier molecular flexibility index (Phi) is 8.93. The number of piperidine rings is 1. The van der Waals surface area contributed by atoms with Gasteiger partial charge < -0.3 is 14.5 Å². The maximum Gasteiger partial charge on any atom is 0.315 e. The molecule has 4 rings (SSSR count). The number of hydrogen-bond donors (Lipinski definition) is 0. The molecule has 0 N–H and O–H groups in total. The highest BCUT2D eigenvalue weighted by Crippen LogP contribution is 2.41. The van der Waals surface area contributed by atoms with Crippen LogP contribution >= 0.6 is 0 Å². The smallest absolute Gasteiger partial charge is 0.315 e. The molecule has 6 heteroatoms. The van der Waals surface area contributed by atoms with Crippen molar-refractivity contribution in [3.05, 3.63) is 82.7 Å². The van der Waals surface area contributed by atoms with Crippen molar-refractivity contribution in [1.82, 2.24) is 9.80 Å². The van der Waals surface area contributed by atoms with Gasteiger partial charge in [0.25, 0.3) is 0 Å². The summed E-state index contributed by atoms with van der Waals surface area (Å²) in [6.45, 7) is 9.50. The number of likely N-dealkylation sites (tertiary alicyclic amines) is 1. The lowest BCUT2D eigenvalue weighted by Gasteiger charge is -2.37. The summed E-state index contributed by atoms with van der Waals surface area (Å²) in [4.78, 5) is 34.3. The Bertz CT molecular complexity index is 1130. The average Bonchev–Trinajstić information content (AvgIpc) is 2.92. The van der Waals surface area contributed by atoms with Gasteiger partial charge in [-0.05, 0) is 76.7 Å². The summed E-state index contributed by atoms with van der Waals surface area (Å²) in [5.41, 5.74) is 5.85. The SMILES string of the molecule is COC(=O)C1C(C)=NC(C)=C(N(C=O)CCCN2CCC(c3ccccc3)CC2)C1c1ccc(C)cc1. The molecule has 0 aliphatic carbocycles. The third-order valence-corrected chi connectivity index (χ3v) is 7.85. The van der Waals surface area contributed by atoms with Crippen molar-refractivity contribution < 1.29 is 14.3 Å². The fraction of sp³-hybridized carbons (Fsp3) is 0.452. The van der Waals surface area contributed by atoms with E-state index in [1.54, 1.807) is 4.90 Å². The van der Waals surface area contributed by atoms with Gasteiger partial charge in [-0.2, -0.15) is 0 Å². The average molecular weight is 502 g/mol. The molecule has 37 heavy (non-hydrogen) atoms. The van der Waals surface area contributed by atoms with Crippen LogP contribution in [0.3, 0.4) is 0 Å². The van der Waals surface area contributed by atoms with Crippen LogP contribution in [0.25, 0.3) is 0 Å². The number of allylic oxidation sites excluding steroid dienone is 2. The van der Waals surface area contributed by atoms with E-state index in [4.69, 9.17) is 9.73 Å². The van der Waals surface area contributed by atoms with Crippen LogP contribution in [-0.2, 0) is 14.3 Å². The number of amides is 1. The van der Waals surface area contributed by atoms with Gasteiger partial charge in [-0.25, -0.2) is 0 Å². The highest BCUT2D eigenvalue weighted by molar-refractivity contribution is 6.03. The molecule has 2 aromatic rings. The third-order valence-electron chi connectivity index (χ3n) is 7.85. The molecule has 0 aromatic heterocycles. The van der Waals surface area contributed by atoms with Crippen LogP contribution in [0.1, 0.15) is 61.6 Å². The first-order valence-electron chi connectivity index (χ1n) is 13.3. The number of carbonyl (C=O) groups is 2. The summed E-state index contributed by atoms with van der Waals surface area (Å²) in [5, 5.41) is 0. The van der Waals surface area contributed by atoms with E-state index >= 15 is 0 Å². The molecule has 0 saturated carbocycles. The van der Waals surface area contributed by atoms with E-state index in [1.807, 2.05) is 45.0 Å². The van der Waals surface area contributed by atoms with Gasteiger partial charge in [-0.3, -0.25) is 14.6 Å². The molecule has 2 aliphatic heterocycles. The minimum atomic E-state index is -0.564.